The minimum atomic E-state index is -0.0505. The summed E-state index contributed by atoms with van der Waals surface area (Å²) in [5, 5.41) is 12.2. The maximum Gasteiger partial charge on any atom is 0.317 e. The highest BCUT2D eigenvalue weighted by Crippen LogP contribution is 2.30. The summed E-state index contributed by atoms with van der Waals surface area (Å²) in [6.45, 7) is 2.02. The first kappa shape index (κ1) is 16.9. The van der Waals surface area contributed by atoms with E-state index >= 15 is 0 Å². The summed E-state index contributed by atoms with van der Waals surface area (Å²) in [5.41, 5.74) is 1.11. The van der Waals surface area contributed by atoms with Crippen LogP contribution in [0.2, 0.25) is 0 Å². The van der Waals surface area contributed by atoms with Crippen LogP contribution in [-0.2, 0) is 6.54 Å². The summed E-state index contributed by atoms with van der Waals surface area (Å²) in [6.07, 6.45) is 0.879. The lowest BCUT2D eigenvalue weighted by Crippen LogP contribution is -2.38. The fourth-order valence-corrected chi connectivity index (χ4v) is 3.78. The van der Waals surface area contributed by atoms with E-state index < -0.39 is 0 Å². The Morgan fingerprint density at radius 2 is 1.92 bits per heavy atom. The van der Waals surface area contributed by atoms with Crippen LogP contribution in [0.3, 0.4) is 0 Å². The molecule has 0 bridgehead atoms. The van der Waals surface area contributed by atoms with E-state index in [1.807, 2.05) is 36.4 Å². The topological polar surface area (TPSA) is 52.6 Å². The predicted molar refractivity (Wildman–Crippen MR) is 96.0 cm³/mol. The molecule has 2 N–H and O–H groups in total. The average molecular weight is 342 g/mol. The summed E-state index contributed by atoms with van der Waals surface area (Å²) in [4.78, 5) is 16.4. The van der Waals surface area contributed by atoms with Crippen LogP contribution in [0.5, 0.6) is 0 Å². The van der Waals surface area contributed by atoms with Gasteiger partial charge in [-0.2, -0.15) is 0 Å². The van der Waals surface area contributed by atoms with Gasteiger partial charge in [-0.1, -0.05) is 48.2 Å². The van der Waals surface area contributed by atoms with Gasteiger partial charge in [-0.05, 0) is 30.2 Å². The van der Waals surface area contributed by atoms with Crippen molar-refractivity contribution in [2.45, 2.75) is 22.8 Å². The van der Waals surface area contributed by atoms with Gasteiger partial charge in [0.25, 0.3) is 0 Å². The van der Waals surface area contributed by atoms with Crippen LogP contribution in [0.1, 0.15) is 12.0 Å². The van der Waals surface area contributed by atoms with Gasteiger partial charge in [-0.3, -0.25) is 0 Å². The van der Waals surface area contributed by atoms with Crippen LogP contribution in [0, 0.1) is 5.92 Å². The standard InChI is InChI=1S/C19H22N2O2S/c22-14-15-10-11-21(13-15)19(23)20-12-16-6-4-5-9-18(16)24-17-7-2-1-3-8-17/h1-9,15,22H,10-14H2,(H,20,23)/t15-/m1/s1. The molecule has 1 aliphatic rings. The minimum Gasteiger partial charge on any atom is -0.396 e. The second kappa shape index (κ2) is 8.22. The number of aliphatic hydroxyl groups is 1. The Bertz CT molecular complexity index is 678. The van der Waals surface area contributed by atoms with Crippen molar-refractivity contribution >= 4 is 17.8 Å². The number of rotatable bonds is 5. The van der Waals surface area contributed by atoms with Gasteiger partial charge in [0.05, 0.1) is 0 Å². The van der Waals surface area contributed by atoms with Gasteiger partial charge >= 0.3 is 6.03 Å². The van der Waals surface area contributed by atoms with Crippen molar-refractivity contribution in [3.05, 3.63) is 60.2 Å². The Morgan fingerprint density at radius 1 is 1.17 bits per heavy atom. The van der Waals surface area contributed by atoms with Gasteiger partial charge in [-0.25, -0.2) is 4.79 Å². The molecule has 2 amide bonds. The molecular weight excluding hydrogens is 320 g/mol. The van der Waals surface area contributed by atoms with E-state index in [1.54, 1.807) is 16.7 Å². The molecule has 126 valence electrons. The zero-order chi connectivity index (χ0) is 16.8. The molecule has 1 saturated heterocycles. The van der Waals surface area contributed by atoms with Crippen molar-refractivity contribution in [1.29, 1.82) is 0 Å². The Hall–Kier alpha value is -1.98. The quantitative estimate of drug-likeness (QED) is 0.876. The van der Waals surface area contributed by atoms with E-state index in [0.717, 1.165) is 23.4 Å². The number of likely N-dealkylation sites (tertiary alicyclic amines) is 1. The Labute approximate surface area is 146 Å². The lowest BCUT2D eigenvalue weighted by Gasteiger charge is -2.18. The van der Waals surface area contributed by atoms with Gasteiger partial charge in [-0.15, -0.1) is 0 Å². The first-order valence-corrected chi connectivity index (χ1v) is 9.02. The zero-order valence-electron chi connectivity index (χ0n) is 13.5. The predicted octanol–water partition coefficient (Wildman–Crippen LogP) is 3.36. The SMILES string of the molecule is O=C(NCc1ccccc1Sc1ccccc1)N1CC[C@@H](CO)C1. The molecule has 1 heterocycles. The van der Waals surface area contributed by atoms with Crippen molar-refractivity contribution in [2.24, 2.45) is 5.92 Å². The number of carbonyl (C=O) groups excluding carboxylic acids is 1. The molecule has 3 rings (SSSR count). The number of hydrogen-bond donors (Lipinski definition) is 2. The van der Waals surface area contributed by atoms with Gasteiger partial charge in [0, 0.05) is 42.0 Å². The van der Waals surface area contributed by atoms with Crippen LogP contribution in [0.4, 0.5) is 4.79 Å². The van der Waals surface area contributed by atoms with E-state index in [1.165, 1.54) is 4.90 Å². The van der Waals surface area contributed by atoms with Crippen LogP contribution >= 0.6 is 11.8 Å². The zero-order valence-corrected chi connectivity index (χ0v) is 14.3. The van der Waals surface area contributed by atoms with Crippen molar-refractivity contribution < 1.29 is 9.90 Å². The molecule has 0 spiro atoms. The number of nitrogens with one attached hydrogen (secondary N) is 1. The minimum absolute atomic E-state index is 0.0505. The number of aliphatic hydroxyl groups excluding tert-OH is 1. The second-order valence-electron chi connectivity index (χ2n) is 5.96. The third kappa shape index (κ3) is 4.30. The second-order valence-corrected chi connectivity index (χ2v) is 7.08. The summed E-state index contributed by atoms with van der Waals surface area (Å²) in [6, 6.07) is 18.3. The molecule has 2 aromatic rings. The molecule has 24 heavy (non-hydrogen) atoms. The van der Waals surface area contributed by atoms with Gasteiger partial charge in [0.1, 0.15) is 0 Å². The summed E-state index contributed by atoms with van der Waals surface area (Å²) >= 11 is 1.70. The van der Waals surface area contributed by atoms with Crippen molar-refractivity contribution in [3.8, 4) is 0 Å². The van der Waals surface area contributed by atoms with Gasteiger partial charge < -0.3 is 15.3 Å². The highest BCUT2D eigenvalue weighted by Gasteiger charge is 2.25. The van der Waals surface area contributed by atoms with Crippen LogP contribution < -0.4 is 5.32 Å². The Balaban J connectivity index is 1.60. The normalized spacial score (nSPS) is 17.0. The number of urea groups is 1. The van der Waals surface area contributed by atoms with Gasteiger partial charge in [0.15, 0.2) is 0 Å². The third-order valence-electron chi connectivity index (χ3n) is 4.20. The fourth-order valence-electron chi connectivity index (χ4n) is 2.81. The molecule has 4 nitrogen and oxygen atoms in total. The monoisotopic (exact) mass is 342 g/mol. The number of nitrogens with zero attached hydrogens (tertiary/aromatic N) is 1. The van der Waals surface area contributed by atoms with Crippen molar-refractivity contribution in [3.63, 3.8) is 0 Å². The maximum absolute atomic E-state index is 12.3. The first-order chi connectivity index (χ1) is 11.8. The third-order valence-corrected chi connectivity index (χ3v) is 5.33. The highest BCUT2D eigenvalue weighted by atomic mass is 32.2. The summed E-state index contributed by atoms with van der Waals surface area (Å²) in [5.74, 6) is 0.219. The molecule has 0 aliphatic carbocycles. The van der Waals surface area contributed by atoms with E-state index in [4.69, 9.17) is 0 Å². The summed E-state index contributed by atoms with van der Waals surface area (Å²) in [7, 11) is 0. The molecule has 1 aliphatic heterocycles. The first-order valence-electron chi connectivity index (χ1n) is 8.20. The molecule has 0 unspecified atom stereocenters. The number of hydrogen-bond acceptors (Lipinski definition) is 3. The number of carbonyl (C=O) groups is 1. The van der Waals surface area contributed by atoms with Crippen molar-refractivity contribution in [1.82, 2.24) is 10.2 Å². The smallest absolute Gasteiger partial charge is 0.317 e. The number of amides is 2. The molecule has 0 saturated carbocycles. The van der Waals surface area contributed by atoms with E-state index in [-0.39, 0.29) is 18.6 Å². The van der Waals surface area contributed by atoms with Crippen molar-refractivity contribution in [2.75, 3.05) is 19.7 Å². The summed E-state index contributed by atoms with van der Waals surface area (Å²) < 4.78 is 0. The van der Waals surface area contributed by atoms with Gasteiger partial charge in [0.2, 0.25) is 0 Å². The molecular formula is C19H22N2O2S. The molecule has 2 aromatic carbocycles. The molecule has 0 aromatic heterocycles. The lowest BCUT2D eigenvalue weighted by molar-refractivity contribution is 0.198. The molecule has 1 fully saturated rings. The Kier molecular flexibility index (Phi) is 5.77. The average Bonchev–Trinajstić information content (AvgIpc) is 3.11. The molecule has 0 radical (unpaired) electrons. The molecule has 1 atom stereocenters. The van der Waals surface area contributed by atoms with E-state index in [2.05, 4.69) is 23.5 Å². The lowest BCUT2D eigenvalue weighted by atomic mass is 10.1. The van der Waals surface area contributed by atoms with Crippen LogP contribution in [0.15, 0.2) is 64.4 Å². The van der Waals surface area contributed by atoms with E-state index in [9.17, 15) is 9.90 Å². The highest BCUT2D eigenvalue weighted by molar-refractivity contribution is 7.99. The maximum atomic E-state index is 12.3. The Morgan fingerprint density at radius 3 is 2.67 bits per heavy atom. The van der Waals surface area contributed by atoms with Crippen LogP contribution in [-0.4, -0.2) is 35.7 Å². The number of benzene rings is 2. The van der Waals surface area contributed by atoms with E-state index in [0.29, 0.717) is 13.1 Å². The molecule has 5 heteroatoms. The van der Waals surface area contributed by atoms with Crippen LogP contribution in [0.25, 0.3) is 0 Å². The largest absolute Gasteiger partial charge is 0.396 e. The fraction of sp³-hybridized carbons (Fsp3) is 0.316.